The van der Waals surface area contributed by atoms with Gasteiger partial charge in [-0.15, -0.1) is 0 Å². The number of halogens is 1. The lowest BCUT2D eigenvalue weighted by molar-refractivity contribution is 0.631. The SMILES string of the molecule is Cc1ccn2c(N)c(-c3ccccc3F)nc2c1. The molecule has 0 bridgehead atoms. The molecule has 0 unspecified atom stereocenters. The Bertz CT molecular complexity index is 731. The van der Waals surface area contributed by atoms with Crippen molar-refractivity contribution in [2.45, 2.75) is 6.92 Å². The minimum atomic E-state index is -0.315. The molecule has 3 nitrogen and oxygen atoms in total. The molecule has 0 saturated heterocycles. The molecule has 0 aliphatic carbocycles. The van der Waals surface area contributed by atoms with Gasteiger partial charge in [-0.25, -0.2) is 9.37 Å². The van der Waals surface area contributed by atoms with Crippen molar-refractivity contribution in [3.05, 3.63) is 54.0 Å². The number of aromatic nitrogens is 2. The first-order chi connectivity index (χ1) is 8.66. The third-order valence-electron chi connectivity index (χ3n) is 2.95. The van der Waals surface area contributed by atoms with Crippen LogP contribution >= 0.6 is 0 Å². The van der Waals surface area contributed by atoms with Gasteiger partial charge in [-0.3, -0.25) is 4.40 Å². The molecule has 0 spiro atoms. The van der Waals surface area contributed by atoms with E-state index in [0.717, 1.165) is 11.2 Å². The van der Waals surface area contributed by atoms with Gasteiger partial charge in [-0.05, 0) is 36.8 Å². The van der Waals surface area contributed by atoms with Gasteiger partial charge in [0.2, 0.25) is 0 Å². The summed E-state index contributed by atoms with van der Waals surface area (Å²) in [4.78, 5) is 4.40. The van der Waals surface area contributed by atoms with Crippen LogP contribution in [0.5, 0.6) is 0 Å². The minimum Gasteiger partial charge on any atom is -0.383 e. The fraction of sp³-hybridized carbons (Fsp3) is 0.0714. The zero-order chi connectivity index (χ0) is 12.7. The molecule has 0 aliphatic heterocycles. The highest BCUT2D eigenvalue weighted by Gasteiger charge is 2.14. The summed E-state index contributed by atoms with van der Waals surface area (Å²) in [6.07, 6.45) is 1.84. The van der Waals surface area contributed by atoms with E-state index in [-0.39, 0.29) is 5.82 Å². The molecular weight excluding hydrogens is 229 g/mol. The van der Waals surface area contributed by atoms with Crippen LogP contribution in [0.15, 0.2) is 42.6 Å². The van der Waals surface area contributed by atoms with Gasteiger partial charge in [-0.1, -0.05) is 12.1 Å². The lowest BCUT2D eigenvalue weighted by Gasteiger charge is -2.00. The van der Waals surface area contributed by atoms with Crippen LogP contribution in [0.4, 0.5) is 10.2 Å². The van der Waals surface area contributed by atoms with Crippen LogP contribution in [-0.4, -0.2) is 9.38 Å². The summed E-state index contributed by atoms with van der Waals surface area (Å²) in [7, 11) is 0. The Labute approximate surface area is 104 Å². The summed E-state index contributed by atoms with van der Waals surface area (Å²) in [5.41, 5.74) is 8.75. The van der Waals surface area contributed by atoms with Gasteiger partial charge < -0.3 is 5.73 Å². The number of nitrogens with zero attached hydrogens (tertiary/aromatic N) is 2. The van der Waals surface area contributed by atoms with Crippen molar-refractivity contribution in [1.82, 2.24) is 9.38 Å². The number of hydrogen-bond acceptors (Lipinski definition) is 2. The Balaban J connectivity index is 2.31. The van der Waals surface area contributed by atoms with Gasteiger partial charge in [-0.2, -0.15) is 0 Å². The molecule has 4 heteroatoms. The molecule has 90 valence electrons. The molecule has 0 amide bonds. The fourth-order valence-corrected chi connectivity index (χ4v) is 2.02. The van der Waals surface area contributed by atoms with Crippen LogP contribution in [0, 0.1) is 12.7 Å². The summed E-state index contributed by atoms with van der Waals surface area (Å²) < 4.78 is 15.5. The maximum absolute atomic E-state index is 13.8. The molecule has 0 radical (unpaired) electrons. The van der Waals surface area contributed by atoms with E-state index in [0.29, 0.717) is 17.1 Å². The average molecular weight is 241 g/mol. The van der Waals surface area contributed by atoms with Crippen LogP contribution < -0.4 is 5.73 Å². The Hall–Kier alpha value is -2.36. The van der Waals surface area contributed by atoms with Crippen molar-refractivity contribution < 1.29 is 4.39 Å². The second kappa shape index (κ2) is 3.84. The van der Waals surface area contributed by atoms with E-state index in [4.69, 9.17) is 5.73 Å². The lowest BCUT2D eigenvalue weighted by atomic mass is 10.1. The highest BCUT2D eigenvalue weighted by Crippen LogP contribution is 2.28. The van der Waals surface area contributed by atoms with Crippen LogP contribution in [0.25, 0.3) is 16.9 Å². The normalized spacial score (nSPS) is 11.0. The van der Waals surface area contributed by atoms with Crippen molar-refractivity contribution >= 4 is 11.5 Å². The highest BCUT2D eigenvalue weighted by atomic mass is 19.1. The van der Waals surface area contributed by atoms with E-state index >= 15 is 0 Å². The Morgan fingerprint density at radius 1 is 1.22 bits per heavy atom. The number of aryl methyl sites for hydroxylation is 1. The summed E-state index contributed by atoms with van der Waals surface area (Å²) in [5.74, 6) is 0.138. The third kappa shape index (κ3) is 1.54. The van der Waals surface area contributed by atoms with Crippen molar-refractivity contribution in [3.63, 3.8) is 0 Å². The van der Waals surface area contributed by atoms with Gasteiger partial charge in [0.15, 0.2) is 0 Å². The number of anilines is 1. The van der Waals surface area contributed by atoms with Gasteiger partial charge in [0.05, 0.1) is 0 Å². The van der Waals surface area contributed by atoms with E-state index in [9.17, 15) is 4.39 Å². The molecular formula is C14H12FN3. The molecule has 18 heavy (non-hydrogen) atoms. The highest BCUT2D eigenvalue weighted by molar-refractivity contribution is 5.75. The van der Waals surface area contributed by atoms with Crippen molar-refractivity contribution in [3.8, 4) is 11.3 Å². The first-order valence-electron chi connectivity index (χ1n) is 5.66. The number of imidazole rings is 1. The maximum atomic E-state index is 13.8. The van der Waals surface area contributed by atoms with Crippen LogP contribution in [-0.2, 0) is 0 Å². The number of nitrogen functional groups attached to an aromatic ring is 1. The zero-order valence-electron chi connectivity index (χ0n) is 9.89. The molecule has 0 saturated carbocycles. The minimum absolute atomic E-state index is 0.315. The Kier molecular flexibility index (Phi) is 2.30. The second-order valence-corrected chi connectivity index (χ2v) is 4.26. The van der Waals surface area contributed by atoms with Crippen LogP contribution in [0.3, 0.4) is 0 Å². The molecule has 2 N–H and O–H groups in total. The van der Waals surface area contributed by atoms with Crippen LogP contribution in [0.1, 0.15) is 5.56 Å². The largest absolute Gasteiger partial charge is 0.383 e. The first kappa shape index (κ1) is 10.8. The van der Waals surface area contributed by atoms with Crippen molar-refractivity contribution in [2.75, 3.05) is 5.73 Å². The van der Waals surface area contributed by atoms with Gasteiger partial charge in [0.25, 0.3) is 0 Å². The van der Waals surface area contributed by atoms with Crippen molar-refractivity contribution in [2.24, 2.45) is 0 Å². The lowest BCUT2D eigenvalue weighted by Crippen LogP contribution is -1.94. The van der Waals surface area contributed by atoms with Gasteiger partial charge >= 0.3 is 0 Å². The molecule has 3 aromatic rings. The number of benzene rings is 1. The molecule has 1 aromatic carbocycles. The van der Waals surface area contributed by atoms with E-state index in [1.165, 1.54) is 6.07 Å². The van der Waals surface area contributed by atoms with Crippen molar-refractivity contribution in [1.29, 1.82) is 0 Å². The smallest absolute Gasteiger partial charge is 0.139 e. The summed E-state index contributed by atoms with van der Waals surface area (Å²) in [6.45, 7) is 1.98. The maximum Gasteiger partial charge on any atom is 0.139 e. The number of pyridine rings is 1. The molecule has 2 heterocycles. The Morgan fingerprint density at radius 2 is 2.00 bits per heavy atom. The summed E-state index contributed by atoms with van der Waals surface area (Å²) >= 11 is 0. The molecule has 2 aromatic heterocycles. The number of nitrogens with two attached hydrogens (primary N) is 1. The predicted octanol–water partition coefficient (Wildman–Crippen LogP) is 3.03. The number of hydrogen-bond donors (Lipinski definition) is 1. The number of fused-ring (bicyclic) bond motifs is 1. The molecule has 0 atom stereocenters. The van der Waals surface area contributed by atoms with Gasteiger partial charge in [0.1, 0.15) is 23.0 Å². The first-order valence-corrected chi connectivity index (χ1v) is 5.66. The molecule has 0 fully saturated rings. The monoisotopic (exact) mass is 241 g/mol. The third-order valence-corrected chi connectivity index (χ3v) is 2.95. The number of rotatable bonds is 1. The molecule has 0 aliphatic rings. The quantitative estimate of drug-likeness (QED) is 0.711. The van der Waals surface area contributed by atoms with Gasteiger partial charge in [0, 0.05) is 11.8 Å². The standard InChI is InChI=1S/C14H12FN3/c1-9-6-7-18-12(8-9)17-13(14(18)16)10-4-2-3-5-11(10)15/h2-8H,16H2,1H3. The summed E-state index contributed by atoms with van der Waals surface area (Å²) in [5, 5.41) is 0. The van der Waals surface area contributed by atoms with E-state index in [2.05, 4.69) is 4.98 Å². The average Bonchev–Trinajstić information content (AvgIpc) is 2.67. The zero-order valence-corrected chi connectivity index (χ0v) is 9.89. The fourth-order valence-electron chi connectivity index (χ4n) is 2.02. The predicted molar refractivity (Wildman–Crippen MR) is 69.7 cm³/mol. The van der Waals surface area contributed by atoms with E-state index in [1.807, 2.05) is 25.3 Å². The van der Waals surface area contributed by atoms with E-state index in [1.54, 1.807) is 22.6 Å². The second-order valence-electron chi connectivity index (χ2n) is 4.26. The Morgan fingerprint density at radius 3 is 2.78 bits per heavy atom. The van der Waals surface area contributed by atoms with E-state index < -0.39 is 0 Å². The van der Waals surface area contributed by atoms with Crippen LogP contribution in [0.2, 0.25) is 0 Å². The topological polar surface area (TPSA) is 43.3 Å². The molecule has 3 rings (SSSR count). The summed E-state index contributed by atoms with van der Waals surface area (Å²) in [6, 6.07) is 10.4.